The van der Waals surface area contributed by atoms with Gasteiger partial charge in [0.2, 0.25) is 5.91 Å². The van der Waals surface area contributed by atoms with E-state index in [0.29, 0.717) is 0 Å². The maximum Gasteiger partial charge on any atom is 0.251 e. The van der Waals surface area contributed by atoms with Gasteiger partial charge in [-0.2, -0.15) is 0 Å². The molecule has 7 heteroatoms. The predicted molar refractivity (Wildman–Crippen MR) is 79.7 cm³/mol. The van der Waals surface area contributed by atoms with E-state index in [1.165, 1.54) is 0 Å². The van der Waals surface area contributed by atoms with Crippen LogP contribution in [-0.2, 0) is 4.79 Å². The molecule has 0 aliphatic heterocycles. The molecule has 0 spiro atoms. The van der Waals surface area contributed by atoms with Crippen LogP contribution < -0.4 is 10.6 Å². The number of rotatable bonds is 5. The molecule has 3 N–H and O–H groups in total. The molecule has 1 fully saturated rings. The molecule has 2 unspecified atom stereocenters. The fourth-order valence-corrected chi connectivity index (χ4v) is 2.77. The zero-order valence-electron chi connectivity index (χ0n) is 12.6. The highest BCUT2D eigenvalue weighted by Crippen LogP contribution is 2.23. The molecule has 126 valence electrons. The van der Waals surface area contributed by atoms with Gasteiger partial charge in [0.05, 0.1) is 6.54 Å². The summed E-state index contributed by atoms with van der Waals surface area (Å²) in [6.07, 6.45) is 3.68. The fourth-order valence-electron chi connectivity index (χ4n) is 2.77. The van der Waals surface area contributed by atoms with E-state index >= 15 is 0 Å². The van der Waals surface area contributed by atoms with Crippen LogP contribution in [0, 0.1) is 17.6 Å². The SMILES string of the molecule is O=C(CNC(=O)c1ccc(F)c(F)c1)NC1CCCCC1CO. The molecule has 1 aliphatic carbocycles. The summed E-state index contributed by atoms with van der Waals surface area (Å²) >= 11 is 0. The van der Waals surface area contributed by atoms with Crippen LogP contribution >= 0.6 is 0 Å². The number of aliphatic hydroxyl groups is 1. The second-order valence-corrected chi connectivity index (χ2v) is 5.71. The Hall–Kier alpha value is -2.02. The Morgan fingerprint density at radius 3 is 2.61 bits per heavy atom. The van der Waals surface area contributed by atoms with Gasteiger partial charge < -0.3 is 15.7 Å². The van der Waals surface area contributed by atoms with Crippen molar-refractivity contribution in [3.05, 3.63) is 35.4 Å². The molecular formula is C16H20F2N2O3. The number of carbonyl (C=O) groups is 2. The Bertz CT molecular complexity index is 580. The lowest BCUT2D eigenvalue weighted by molar-refractivity contribution is -0.121. The summed E-state index contributed by atoms with van der Waals surface area (Å²) in [5, 5.41) is 14.5. The zero-order valence-corrected chi connectivity index (χ0v) is 12.6. The first-order valence-electron chi connectivity index (χ1n) is 7.64. The highest BCUT2D eigenvalue weighted by Gasteiger charge is 2.25. The number of carbonyl (C=O) groups excluding carboxylic acids is 2. The Morgan fingerprint density at radius 1 is 1.17 bits per heavy atom. The van der Waals surface area contributed by atoms with Crippen LogP contribution in [-0.4, -0.2) is 36.1 Å². The molecule has 0 saturated heterocycles. The summed E-state index contributed by atoms with van der Waals surface area (Å²) in [7, 11) is 0. The molecule has 1 aromatic carbocycles. The van der Waals surface area contributed by atoms with Gasteiger partial charge in [-0.1, -0.05) is 12.8 Å². The molecule has 1 saturated carbocycles. The molecule has 2 atom stereocenters. The minimum absolute atomic E-state index is 0.0200. The highest BCUT2D eigenvalue weighted by atomic mass is 19.2. The summed E-state index contributed by atoms with van der Waals surface area (Å²) in [5.41, 5.74) is -0.0531. The van der Waals surface area contributed by atoms with Crippen molar-refractivity contribution in [1.82, 2.24) is 10.6 Å². The predicted octanol–water partition coefficient (Wildman–Crippen LogP) is 1.36. The Kier molecular flexibility index (Phi) is 6.04. The monoisotopic (exact) mass is 326 g/mol. The Morgan fingerprint density at radius 2 is 1.91 bits per heavy atom. The largest absolute Gasteiger partial charge is 0.396 e. The fraction of sp³-hybridized carbons (Fsp3) is 0.500. The van der Waals surface area contributed by atoms with Crippen molar-refractivity contribution < 1.29 is 23.5 Å². The van der Waals surface area contributed by atoms with Gasteiger partial charge in [0.25, 0.3) is 5.91 Å². The van der Waals surface area contributed by atoms with Gasteiger partial charge in [0, 0.05) is 24.1 Å². The topological polar surface area (TPSA) is 78.4 Å². The minimum Gasteiger partial charge on any atom is -0.396 e. The van der Waals surface area contributed by atoms with Crippen LogP contribution in [0.5, 0.6) is 0 Å². The van der Waals surface area contributed by atoms with Gasteiger partial charge in [-0.25, -0.2) is 8.78 Å². The van der Waals surface area contributed by atoms with Gasteiger partial charge in [-0.15, -0.1) is 0 Å². The van der Waals surface area contributed by atoms with Crippen molar-refractivity contribution in [2.75, 3.05) is 13.2 Å². The van der Waals surface area contributed by atoms with Gasteiger partial charge in [0.15, 0.2) is 11.6 Å². The lowest BCUT2D eigenvalue weighted by Crippen LogP contribution is -2.47. The molecule has 2 rings (SSSR count). The summed E-state index contributed by atoms with van der Waals surface area (Å²) in [4.78, 5) is 23.7. The van der Waals surface area contributed by atoms with Crippen molar-refractivity contribution in [3.63, 3.8) is 0 Å². The molecule has 0 heterocycles. The molecular weight excluding hydrogens is 306 g/mol. The average molecular weight is 326 g/mol. The molecule has 23 heavy (non-hydrogen) atoms. The van der Waals surface area contributed by atoms with Crippen molar-refractivity contribution in [1.29, 1.82) is 0 Å². The number of aliphatic hydroxyl groups excluding tert-OH is 1. The zero-order chi connectivity index (χ0) is 16.8. The average Bonchev–Trinajstić information content (AvgIpc) is 2.55. The lowest BCUT2D eigenvalue weighted by atomic mass is 9.85. The van der Waals surface area contributed by atoms with Crippen molar-refractivity contribution in [2.24, 2.45) is 5.92 Å². The van der Waals surface area contributed by atoms with Gasteiger partial charge in [0.1, 0.15) is 0 Å². The number of hydrogen-bond acceptors (Lipinski definition) is 3. The van der Waals surface area contributed by atoms with Crippen LogP contribution in [0.1, 0.15) is 36.0 Å². The van der Waals surface area contributed by atoms with Crippen LogP contribution in [0.2, 0.25) is 0 Å². The molecule has 1 aromatic rings. The van der Waals surface area contributed by atoms with E-state index in [0.717, 1.165) is 43.9 Å². The van der Waals surface area contributed by atoms with E-state index in [1.54, 1.807) is 0 Å². The number of amides is 2. The molecule has 5 nitrogen and oxygen atoms in total. The third-order valence-electron chi connectivity index (χ3n) is 4.08. The smallest absolute Gasteiger partial charge is 0.251 e. The van der Waals surface area contributed by atoms with E-state index in [-0.39, 0.29) is 36.6 Å². The van der Waals surface area contributed by atoms with Crippen LogP contribution in [0.3, 0.4) is 0 Å². The maximum atomic E-state index is 13.1. The van der Waals surface area contributed by atoms with E-state index in [4.69, 9.17) is 0 Å². The quantitative estimate of drug-likeness (QED) is 0.764. The molecule has 2 amide bonds. The van der Waals surface area contributed by atoms with Gasteiger partial charge in [-0.3, -0.25) is 9.59 Å². The van der Waals surface area contributed by atoms with Gasteiger partial charge >= 0.3 is 0 Å². The third kappa shape index (κ3) is 4.72. The molecule has 0 aromatic heterocycles. The number of hydrogen-bond donors (Lipinski definition) is 3. The Labute approximate surface area is 133 Å². The standard InChI is InChI=1S/C16H20F2N2O3/c17-12-6-5-10(7-13(12)18)16(23)19-8-15(22)20-14-4-2-1-3-11(14)9-21/h5-7,11,14,21H,1-4,8-9H2,(H,19,23)(H,20,22). The van der Waals surface area contributed by atoms with Crippen LogP contribution in [0.4, 0.5) is 8.78 Å². The number of nitrogens with one attached hydrogen (secondary N) is 2. The summed E-state index contributed by atoms with van der Waals surface area (Å²) in [5.74, 6) is -3.14. The first-order chi connectivity index (χ1) is 11.0. The normalized spacial score (nSPS) is 20.8. The van der Waals surface area contributed by atoms with Crippen LogP contribution in [0.15, 0.2) is 18.2 Å². The number of benzene rings is 1. The highest BCUT2D eigenvalue weighted by molar-refractivity contribution is 5.96. The second kappa shape index (κ2) is 8.01. The summed E-state index contributed by atoms with van der Waals surface area (Å²) < 4.78 is 25.9. The van der Waals surface area contributed by atoms with Crippen molar-refractivity contribution >= 4 is 11.8 Å². The summed E-state index contributed by atoms with van der Waals surface area (Å²) in [6.45, 7) is -0.237. The first kappa shape index (κ1) is 17.3. The van der Waals surface area contributed by atoms with Crippen LogP contribution in [0.25, 0.3) is 0 Å². The minimum atomic E-state index is -1.12. The second-order valence-electron chi connectivity index (χ2n) is 5.71. The molecule has 0 bridgehead atoms. The summed E-state index contributed by atoms with van der Waals surface area (Å²) in [6, 6.07) is 2.69. The van der Waals surface area contributed by atoms with E-state index in [9.17, 15) is 23.5 Å². The van der Waals surface area contributed by atoms with E-state index in [1.807, 2.05) is 0 Å². The maximum absolute atomic E-state index is 13.1. The lowest BCUT2D eigenvalue weighted by Gasteiger charge is -2.30. The van der Waals surface area contributed by atoms with Crippen molar-refractivity contribution in [3.8, 4) is 0 Å². The van der Waals surface area contributed by atoms with Crippen molar-refractivity contribution in [2.45, 2.75) is 31.7 Å². The number of halogens is 2. The van der Waals surface area contributed by atoms with Gasteiger partial charge in [-0.05, 0) is 31.0 Å². The van der Waals surface area contributed by atoms with E-state index in [2.05, 4.69) is 10.6 Å². The molecule has 0 radical (unpaired) electrons. The molecule has 1 aliphatic rings. The first-order valence-corrected chi connectivity index (χ1v) is 7.64. The van der Waals surface area contributed by atoms with E-state index < -0.39 is 17.5 Å². The third-order valence-corrected chi connectivity index (χ3v) is 4.08. The Balaban J connectivity index is 1.83.